The first-order chi connectivity index (χ1) is 16.5. The third kappa shape index (κ3) is 5.31. The number of aryl methyl sites for hydroxylation is 2. The minimum Gasteiger partial charge on any atom is -0.379 e. The minimum absolute atomic E-state index is 0.194. The second-order valence-electron chi connectivity index (χ2n) is 9.32. The minimum atomic E-state index is -3.58. The third-order valence-corrected chi connectivity index (χ3v) is 9.03. The van der Waals surface area contributed by atoms with Gasteiger partial charge in [0, 0.05) is 45.1 Å². The van der Waals surface area contributed by atoms with Crippen LogP contribution in [-0.2, 0) is 32.5 Å². The Kier molecular flexibility index (Phi) is 8.26. The van der Waals surface area contributed by atoms with E-state index in [1.807, 2.05) is 11.0 Å². The van der Waals surface area contributed by atoms with Gasteiger partial charge >= 0.3 is 0 Å². The molecule has 2 aromatic rings. The number of aromatic nitrogens is 2. The van der Waals surface area contributed by atoms with Crippen molar-refractivity contribution < 1.29 is 17.9 Å². The van der Waals surface area contributed by atoms with E-state index >= 15 is 0 Å². The van der Waals surface area contributed by atoms with E-state index in [-0.39, 0.29) is 10.8 Å². The van der Waals surface area contributed by atoms with Crippen LogP contribution in [0.25, 0.3) is 11.0 Å². The highest BCUT2D eigenvalue weighted by molar-refractivity contribution is 7.89. The number of carbonyl (C=O) groups excluding carboxylic acids is 1. The van der Waals surface area contributed by atoms with E-state index in [1.54, 1.807) is 12.1 Å². The summed E-state index contributed by atoms with van der Waals surface area (Å²) in [7, 11) is -3.58. The number of imidazole rings is 1. The van der Waals surface area contributed by atoms with Gasteiger partial charge in [-0.3, -0.25) is 4.79 Å². The number of fused-ring (bicyclic) bond motifs is 1. The fraction of sp³-hybridized carbons (Fsp3) is 0.680. The average molecular weight is 491 g/mol. The third-order valence-electron chi connectivity index (χ3n) is 7.13. The SMILES string of the molecule is CCCCn1c(CCC(=O)N(CC)C2CCCC2)nc2cc(S(=O)(=O)N3CCOCC3)ccc21. The van der Waals surface area contributed by atoms with Gasteiger partial charge in [-0.25, -0.2) is 13.4 Å². The van der Waals surface area contributed by atoms with E-state index in [0.717, 1.165) is 50.1 Å². The molecule has 1 aliphatic carbocycles. The zero-order chi connectivity index (χ0) is 24.1. The molecule has 188 valence electrons. The fourth-order valence-corrected chi connectivity index (χ4v) is 6.66. The van der Waals surface area contributed by atoms with E-state index in [4.69, 9.17) is 9.72 Å². The molecule has 2 aliphatic rings. The van der Waals surface area contributed by atoms with Gasteiger partial charge in [0.25, 0.3) is 0 Å². The standard InChI is InChI=1S/C25H38N4O4S/c1-3-5-14-29-23-11-10-21(34(31,32)27-15-17-33-18-16-27)19-22(23)26-24(29)12-13-25(30)28(4-2)20-8-6-7-9-20/h10-11,19-20H,3-9,12-18H2,1-2H3. The zero-order valence-corrected chi connectivity index (χ0v) is 21.4. The number of morpholine rings is 1. The summed E-state index contributed by atoms with van der Waals surface area (Å²) >= 11 is 0. The Labute approximate surface area is 203 Å². The van der Waals surface area contributed by atoms with Crippen molar-refractivity contribution in [3.8, 4) is 0 Å². The molecule has 2 fully saturated rings. The van der Waals surface area contributed by atoms with Crippen LogP contribution in [0.4, 0.5) is 0 Å². The van der Waals surface area contributed by atoms with Crippen LogP contribution in [0.15, 0.2) is 23.1 Å². The Hall–Kier alpha value is -1.97. The lowest BCUT2D eigenvalue weighted by Crippen LogP contribution is -2.40. The molecule has 0 radical (unpaired) electrons. The molecule has 1 amide bonds. The summed E-state index contributed by atoms with van der Waals surface area (Å²) in [5, 5.41) is 0. The number of hydrogen-bond acceptors (Lipinski definition) is 5. The van der Waals surface area contributed by atoms with Crippen LogP contribution in [0, 0.1) is 0 Å². The number of sulfonamides is 1. The Morgan fingerprint density at radius 2 is 1.91 bits per heavy atom. The van der Waals surface area contributed by atoms with Crippen LogP contribution in [0.5, 0.6) is 0 Å². The van der Waals surface area contributed by atoms with Crippen LogP contribution >= 0.6 is 0 Å². The van der Waals surface area contributed by atoms with E-state index in [1.165, 1.54) is 17.1 Å². The number of hydrogen-bond donors (Lipinski definition) is 0. The Morgan fingerprint density at radius 3 is 2.59 bits per heavy atom. The van der Waals surface area contributed by atoms with Crippen molar-refractivity contribution in [1.82, 2.24) is 18.8 Å². The summed E-state index contributed by atoms with van der Waals surface area (Å²) in [6, 6.07) is 5.62. The first kappa shape index (κ1) is 25.1. The first-order valence-electron chi connectivity index (χ1n) is 12.8. The molecule has 1 aromatic carbocycles. The molecular weight excluding hydrogens is 452 g/mol. The summed E-state index contributed by atoms with van der Waals surface area (Å²) < 4.78 is 35.2. The maximum atomic E-state index is 13.1. The molecule has 0 bridgehead atoms. The molecule has 1 saturated heterocycles. The predicted molar refractivity (Wildman–Crippen MR) is 132 cm³/mol. The molecule has 1 aliphatic heterocycles. The van der Waals surface area contributed by atoms with Crippen LogP contribution in [-0.4, -0.2) is 72.0 Å². The van der Waals surface area contributed by atoms with Crippen molar-refractivity contribution in [2.45, 2.75) is 82.7 Å². The Balaban J connectivity index is 1.57. The molecule has 2 heterocycles. The quantitative estimate of drug-likeness (QED) is 0.508. The highest BCUT2D eigenvalue weighted by atomic mass is 32.2. The van der Waals surface area contributed by atoms with Gasteiger partial charge in [-0.05, 0) is 44.4 Å². The lowest BCUT2D eigenvalue weighted by Gasteiger charge is -2.27. The van der Waals surface area contributed by atoms with Gasteiger partial charge in [0.2, 0.25) is 15.9 Å². The van der Waals surface area contributed by atoms with Crippen molar-refractivity contribution in [1.29, 1.82) is 0 Å². The summed E-state index contributed by atoms with van der Waals surface area (Å²) in [4.78, 5) is 20.2. The van der Waals surface area contributed by atoms with Gasteiger partial charge in [0.15, 0.2) is 0 Å². The van der Waals surface area contributed by atoms with E-state index < -0.39 is 10.0 Å². The number of unbranched alkanes of at least 4 members (excludes halogenated alkanes) is 1. The predicted octanol–water partition coefficient (Wildman–Crippen LogP) is 3.58. The molecule has 0 unspecified atom stereocenters. The summed E-state index contributed by atoms with van der Waals surface area (Å²) in [5.74, 6) is 1.05. The average Bonchev–Trinajstić information content (AvgIpc) is 3.50. The summed E-state index contributed by atoms with van der Waals surface area (Å²) in [6.45, 7) is 7.34. The second kappa shape index (κ2) is 11.2. The number of ether oxygens (including phenoxy) is 1. The number of nitrogens with zero attached hydrogens (tertiary/aromatic N) is 4. The Bertz CT molecular complexity index is 1090. The van der Waals surface area contributed by atoms with E-state index in [2.05, 4.69) is 18.4 Å². The van der Waals surface area contributed by atoms with Crippen molar-refractivity contribution in [3.63, 3.8) is 0 Å². The van der Waals surface area contributed by atoms with Crippen molar-refractivity contribution in [2.24, 2.45) is 0 Å². The molecule has 34 heavy (non-hydrogen) atoms. The highest BCUT2D eigenvalue weighted by Gasteiger charge is 2.28. The van der Waals surface area contributed by atoms with Crippen LogP contribution < -0.4 is 0 Å². The van der Waals surface area contributed by atoms with Gasteiger partial charge in [0.1, 0.15) is 5.82 Å². The summed E-state index contributed by atoms with van der Waals surface area (Å²) in [5.41, 5.74) is 1.61. The maximum Gasteiger partial charge on any atom is 0.243 e. The van der Waals surface area contributed by atoms with Crippen molar-refractivity contribution in [2.75, 3.05) is 32.8 Å². The van der Waals surface area contributed by atoms with Gasteiger partial charge in [-0.1, -0.05) is 26.2 Å². The summed E-state index contributed by atoms with van der Waals surface area (Å²) in [6.07, 6.45) is 7.67. The van der Waals surface area contributed by atoms with Gasteiger partial charge in [0.05, 0.1) is 29.1 Å². The Morgan fingerprint density at radius 1 is 1.18 bits per heavy atom. The topological polar surface area (TPSA) is 84.7 Å². The van der Waals surface area contributed by atoms with Gasteiger partial charge in [-0.15, -0.1) is 0 Å². The normalized spacial score (nSPS) is 18.1. The van der Waals surface area contributed by atoms with Crippen molar-refractivity contribution >= 4 is 27.0 Å². The molecule has 4 rings (SSSR count). The number of benzene rings is 1. The zero-order valence-electron chi connectivity index (χ0n) is 20.5. The smallest absolute Gasteiger partial charge is 0.243 e. The maximum absolute atomic E-state index is 13.1. The first-order valence-corrected chi connectivity index (χ1v) is 14.3. The fourth-order valence-electron chi connectivity index (χ4n) is 5.23. The molecule has 0 spiro atoms. The molecule has 1 aromatic heterocycles. The molecule has 0 N–H and O–H groups in total. The molecule has 8 nitrogen and oxygen atoms in total. The molecule has 0 atom stereocenters. The van der Waals surface area contributed by atoms with Crippen LogP contribution in [0.1, 0.15) is 64.6 Å². The largest absolute Gasteiger partial charge is 0.379 e. The van der Waals surface area contributed by atoms with Gasteiger partial charge < -0.3 is 14.2 Å². The lowest BCUT2D eigenvalue weighted by atomic mass is 10.1. The second-order valence-corrected chi connectivity index (χ2v) is 11.3. The van der Waals surface area contributed by atoms with Crippen molar-refractivity contribution in [3.05, 3.63) is 24.0 Å². The van der Waals surface area contributed by atoms with E-state index in [9.17, 15) is 13.2 Å². The van der Waals surface area contributed by atoms with Crippen LogP contribution in [0.2, 0.25) is 0 Å². The van der Waals surface area contributed by atoms with Crippen LogP contribution in [0.3, 0.4) is 0 Å². The van der Waals surface area contributed by atoms with Gasteiger partial charge in [-0.2, -0.15) is 4.31 Å². The number of amides is 1. The molecular formula is C25H38N4O4S. The van der Waals surface area contributed by atoms with E-state index in [0.29, 0.717) is 50.7 Å². The lowest BCUT2D eigenvalue weighted by molar-refractivity contribution is -0.133. The molecule has 1 saturated carbocycles. The monoisotopic (exact) mass is 490 g/mol. The highest BCUT2D eigenvalue weighted by Crippen LogP contribution is 2.26. The number of rotatable bonds is 10. The number of carbonyl (C=O) groups is 1. The molecule has 9 heteroatoms.